The Kier molecular flexibility index (Phi) is 11.6. The molecular weight excluding hydrogens is 564 g/mol. The number of imidazole rings is 1. The van der Waals surface area contributed by atoms with Gasteiger partial charge in [0.05, 0.1) is 38.2 Å². The highest BCUT2D eigenvalue weighted by Crippen LogP contribution is 2.25. The average molecular weight is 607 g/mol. The van der Waals surface area contributed by atoms with Gasteiger partial charge in [-0.3, -0.25) is 14.4 Å². The highest BCUT2D eigenvalue weighted by atomic mass is 17.2. The maximum Gasteiger partial charge on any atom is 0.250 e. The Bertz CT molecular complexity index is 1360. The van der Waals surface area contributed by atoms with Crippen molar-refractivity contribution in [3.63, 3.8) is 0 Å². The molecule has 3 aromatic rings. The Morgan fingerprint density at radius 1 is 1.07 bits per heavy atom. The summed E-state index contributed by atoms with van der Waals surface area (Å²) in [4.78, 5) is 56.1. The summed E-state index contributed by atoms with van der Waals surface area (Å²) in [6, 6.07) is 17.5. The van der Waals surface area contributed by atoms with E-state index in [1.54, 1.807) is 24.6 Å². The van der Waals surface area contributed by atoms with Crippen LogP contribution < -0.4 is 16.4 Å². The lowest BCUT2D eigenvalue weighted by molar-refractivity contribution is -0.278. The molecule has 1 aliphatic rings. The molecule has 236 valence electrons. The number of nitrogens with zero attached hydrogens (tertiary/aromatic N) is 3. The summed E-state index contributed by atoms with van der Waals surface area (Å²) in [6.45, 7) is 4.18. The molecular formula is C32H42N6O6. The number of nitrogens with one attached hydrogen (secondary N) is 2. The van der Waals surface area contributed by atoms with Crippen LogP contribution in [0.4, 0.5) is 5.82 Å². The van der Waals surface area contributed by atoms with Crippen LogP contribution in [-0.2, 0) is 41.9 Å². The number of carbonyl (C=O) groups is 3. The van der Waals surface area contributed by atoms with Gasteiger partial charge in [0, 0.05) is 19.2 Å². The first-order valence-corrected chi connectivity index (χ1v) is 14.7. The van der Waals surface area contributed by atoms with Crippen LogP contribution in [0.1, 0.15) is 43.9 Å². The number of ether oxygens (including phenoxy) is 1. The van der Waals surface area contributed by atoms with Crippen molar-refractivity contribution in [2.45, 2.75) is 63.4 Å². The summed E-state index contributed by atoms with van der Waals surface area (Å²) in [5, 5.41) is 5.45. The van der Waals surface area contributed by atoms with Crippen LogP contribution in [0.5, 0.6) is 0 Å². The molecule has 0 radical (unpaired) electrons. The predicted octanol–water partition coefficient (Wildman–Crippen LogP) is 2.61. The molecule has 0 spiro atoms. The third kappa shape index (κ3) is 9.20. The van der Waals surface area contributed by atoms with Crippen molar-refractivity contribution in [1.82, 2.24) is 19.8 Å². The third-order valence-electron chi connectivity index (χ3n) is 7.41. The first-order chi connectivity index (χ1) is 21.2. The van der Waals surface area contributed by atoms with Gasteiger partial charge in [0.2, 0.25) is 11.8 Å². The number of hydrogen-bond acceptors (Lipinski definition) is 8. The molecule has 0 bridgehead atoms. The van der Waals surface area contributed by atoms with Gasteiger partial charge in [-0.25, -0.2) is 14.8 Å². The Hall–Kier alpha value is -4.10. The fourth-order valence-corrected chi connectivity index (χ4v) is 4.98. The minimum atomic E-state index is -1.20. The lowest BCUT2D eigenvalue weighted by atomic mass is 10.0. The molecule has 1 aromatic heterocycles. The van der Waals surface area contributed by atoms with Gasteiger partial charge < -0.3 is 30.6 Å². The van der Waals surface area contributed by atoms with E-state index in [0.717, 1.165) is 24.0 Å². The van der Waals surface area contributed by atoms with Crippen LogP contribution in [0.2, 0.25) is 0 Å². The Morgan fingerprint density at radius 3 is 2.41 bits per heavy atom. The van der Waals surface area contributed by atoms with Gasteiger partial charge in [0.25, 0.3) is 5.91 Å². The fraction of sp³-hybridized carbons (Fsp3) is 0.438. The Balaban J connectivity index is 1.50. The predicted molar refractivity (Wildman–Crippen MR) is 164 cm³/mol. The van der Waals surface area contributed by atoms with Crippen molar-refractivity contribution in [3.8, 4) is 0 Å². The Labute approximate surface area is 257 Å². The van der Waals surface area contributed by atoms with E-state index in [4.69, 9.17) is 20.2 Å². The van der Waals surface area contributed by atoms with Crippen molar-refractivity contribution in [2.24, 2.45) is 5.73 Å². The molecule has 2 aromatic carbocycles. The summed E-state index contributed by atoms with van der Waals surface area (Å²) >= 11 is 0. The maximum atomic E-state index is 13.9. The molecule has 12 nitrogen and oxygen atoms in total. The highest BCUT2D eigenvalue weighted by molar-refractivity contribution is 5.98. The minimum Gasteiger partial charge on any atom is -0.374 e. The number of carbonyl (C=O) groups excluding carboxylic acids is 3. The number of aromatic nitrogens is 2. The molecule has 44 heavy (non-hydrogen) atoms. The fourth-order valence-electron chi connectivity index (χ4n) is 4.98. The lowest BCUT2D eigenvalue weighted by Gasteiger charge is -2.29. The summed E-state index contributed by atoms with van der Waals surface area (Å²) < 4.78 is 7.49. The standard InChI is InChI=1S/C32H42N6O6/c1-32(2,33)31(41)35-26(21-43-19-24-13-8-5-9-14-24)29(39)36-28-18-37(22-34-28)27(17-23-11-6-4-7-12-23)30(40)38-16-10-15-25(38)20-44-42-3/h4-9,11-14,18,22,25-27H,10,15-17,19-21,33H2,1-3H3,(H,35,41)(H,36,39)/t25?,26-,27?/m1/s1. The number of amides is 3. The summed E-state index contributed by atoms with van der Waals surface area (Å²) in [5.74, 6) is -0.868. The Morgan fingerprint density at radius 2 is 1.75 bits per heavy atom. The SMILES string of the molecule is COOCC1CCCN1C(=O)C(Cc1ccccc1)n1cnc(NC(=O)[C@@H](COCc2ccccc2)NC(=O)C(C)(C)N)c1. The van der Waals surface area contributed by atoms with E-state index in [1.807, 2.05) is 65.6 Å². The van der Waals surface area contributed by atoms with E-state index in [2.05, 4.69) is 15.6 Å². The molecule has 4 rings (SSSR count). The smallest absolute Gasteiger partial charge is 0.250 e. The normalized spacial score (nSPS) is 16.4. The second-order valence-electron chi connectivity index (χ2n) is 11.4. The molecule has 1 fully saturated rings. The van der Waals surface area contributed by atoms with Gasteiger partial charge in [0.15, 0.2) is 5.82 Å². The highest BCUT2D eigenvalue weighted by Gasteiger charge is 2.35. The third-order valence-corrected chi connectivity index (χ3v) is 7.41. The zero-order valence-electron chi connectivity index (χ0n) is 25.5. The molecule has 3 atom stereocenters. The van der Waals surface area contributed by atoms with Gasteiger partial charge >= 0.3 is 0 Å². The topological polar surface area (TPSA) is 150 Å². The molecule has 0 aliphatic carbocycles. The van der Waals surface area contributed by atoms with Crippen LogP contribution in [0.15, 0.2) is 73.2 Å². The second kappa shape index (κ2) is 15.6. The van der Waals surface area contributed by atoms with E-state index in [0.29, 0.717) is 13.0 Å². The molecule has 4 N–H and O–H groups in total. The number of hydrogen-bond donors (Lipinski definition) is 3. The quantitative estimate of drug-likeness (QED) is 0.177. The van der Waals surface area contributed by atoms with E-state index in [-0.39, 0.29) is 37.6 Å². The molecule has 2 heterocycles. The van der Waals surface area contributed by atoms with E-state index >= 15 is 0 Å². The molecule has 2 unspecified atom stereocenters. The van der Waals surface area contributed by atoms with E-state index < -0.39 is 29.4 Å². The molecule has 1 aliphatic heterocycles. The zero-order chi connectivity index (χ0) is 31.5. The van der Waals surface area contributed by atoms with Crippen LogP contribution >= 0.6 is 0 Å². The van der Waals surface area contributed by atoms with Crippen LogP contribution in [-0.4, -0.2) is 76.7 Å². The molecule has 1 saturated heterocycles. The second-order valence-corrected chi connectivity index (χ2v) is 11.4. The van der Waals surface area contributed by atoms with Crippen molar-refractivity contribution in [2.75, 3.05) is 32.2 Å². The molecule has 0 saturated carbocycles. The van der Waals surface area contributed by atoms with Crippen LogP contribution in [0.3, 0.4) is 0 Å². The van der Waals surface area contributed by atoms with Crippen molar-refractivity contribution >= 4 is 23.5 Å². The van der Waals surface area contributed by atoms with Gasteiger partial charge in [-0.2, -0.15) is 0 Å². The summed E-state index contributed by atoms with van der Waals surface area (Å²) in [7, 11) is 1.45. The largest absolute Gasteiger partial charge is 0.374 e. The van der Waals surface area contributed by atoms with Gasteiger partial charge in [0.1, 0.15) is 18.7 Å². The minimum absolute atomic E-state index is 0.0732. The van der Waals surface area contributed by atoms with Crippen molar-refractivity contribution < 1.29 is 28.9 Å². The first-order valence-electron chi connectivity index (χ1n) is 14.7. The summed E-state index contributed by atoms with van der Waals surface area (Å²) in [5.41, 5.74) is 6.68. The number of rotatable bonds is 15. The maximum absolute atomic E-state index is 13.9. The monoisotopic (exact) mass is 606 g/mol. The number of anilines is 1. The van der Waals surface area contributed by atoms with Crippen LogP contribution in [0.25, 0.3) is 0 Å². The van der Waals surface area contributed by atoms with Crippen molar-refractivity contribution in [1.29, 1.82) is 0 Å². The number of benzene rings is 2. The van der Waals surface area contributed by atoms with Crippen LogP contribution in [0, 0.1) is 0 Å². The van der Waals surface area contributed by atoms with Crippen molar-refractivity contribution in [3.05, 3.63) is 84.3 Å². The van der Waals surface area contributed by atoms with Gasteiger partial charge in [-0.05, 0) is 37.8 Å². The molecule has 3 amide bonds. The first kappa shape index (κ1) is 32.8. The summed E-state index contributed by atoms with van der Waals surface area (Å²) in [6.07, 6.45) is 5.26. The van der Waals surface area contributed by atoms with Gasteiger partial charge in [-0.15, -0.1) is 0 Å². The lowest BCUT2D eigenvalue weighted by Crippen LogP contribution is -2.56. The number of likely N-dealkylation sites (tertiary alicyclic amines) is 1. The average Bonchev–Trinajstić information content (AvgIpc) is 3.68. The number of nitrogens with two attached hydrogens (primary N) is 1. The van der Waals surface area contributed by atoms with E-state index in [1.165, 1.54) is 13.4 Å². The van der Waals surface area contributed by atoms with E-state index in [9.17, 15) is 14.4 Å². The zero-order valence-corrected chi connectivity index (χ0v) is 25.5. The van der Waals surface area contributed by atoms with Gasteiger partial charge in [-0.1, -0.05) is 60.7 Å². The molecule has 12 heteroatoms.